The molecule has 5 heteroatoms. The molecule has 2 aromatic heterocycles. The van der Waals surface area contributed by atoms with Crippen molar-refractivity contribution in [3.05, 3.63) is 23.9 Å². The second-order valence-electron chi connectivity index (χ2n) is 5.75. The van der Waals surface area contributed by atoms with Crippen molar-refractivity contribution in [2.45, 2.75) is 45.8 Å². The van der Waals surface area contributed by atoms with E-state index in [9.17, 15) is 0 Å². The average molecular weight is 287 g/mol. The molecule has 3 rings (SSSR count). The van der Waals surface area contributed by atoms with Crippen LogP contribution in [0.15, 0.2) is 18.3 Å². The summed E-state index contributed by atoms with van der Waals surface area (Å²) in [6, 6.07) is 3.88. The Morgan fingerprint density at radius 1 is 1.43 bits per heavy atom. The number of aromatic nitrogens is 3. The first-order valence-corrected chi connectivity index (χ1v) is 7.38. The van der Waals surface area contributed by atoms with Gasteiger partial charge in [-0.15, -0.1) is 0 Å². The first kappa shape index (κ1) is 13.9. The van der Waals surface area contributed by atoms with Gasteiger partial charge < -0.3 is 9.47 Å². The highest BCUT2D eigenvalue weighted by molar-refractivity contribution is 5.67. The van der Waals surface area contributed by atoms with Crippen LogP contribution in [0.25, 0.3) is 11.3 Å². The van der Waals surface area contributed by atoms with Crippen LogP contribution in [-0.2, 0) is 6.54 Å². The summed E-state index contributed by atoms with van der Waals surface area (Å²) < 4.78 is 13.2. The third-order valence-corrected chi connectivity index (χ3v) is 3.80. The number of pyridine rings is 1. The number of methoxy groups -OCH3 is 1. The number of aryl methyl sites for hydroxylation is 1. The van der Waals surface area contributed by atoms with Gasteiger partial charge in [0.2, 0.25) is 11.8 Å². The van der Waals surface area contributed by atoms with Gasteiger partial charge in [0.25, 0.3) is 0 Å². The minimum Gasteiger partial charge on any atom is -0.481 e. The fraction of sp³-hybridized carbons (Fsp3) is 0.500. The minimum atomic E-state index is 0.242. The molecule has 1 atom stereocenters. The Labute approximate surface area is 124 Å². The summed E-state index contributed by atoms with van der Waals surface area (Å²) in [6.07, 6.45) is 2.98. The van der Waals surface area contributed by atoms with Crippen molar-refractivity contribution >= 4 is 0 Å². The lowest BCUT2D eigenvalue weighted by Gasteiger charge is -2.23. The molecule has 0 aromatic carbocycles. The molecule has 112 valence electrons. The van der Waals surface area contributed by atoms with Crippen LogP contribution in [0, 0.1) is 0 Å². The van der Waals surface area contributed by atoms with Crippen LogP contribution in [0.5, 0.6) is 11.8 Å². The summed E-state index contributed by atoms with van der Waals surface area (Å²) >= 11 is 0. The Morgan fingerprint density at radius 3 is 2.95 bits per heavy atom. The van der Waals surface area contributed by atoms with E-state index in [4.69, 9.17) is 14.6 Å². The van der Waals surface area contributed by atoms with Crippen LogP contribution in [0.1, 0.15) is 38.7 Å². The predicted molar refractivity (Wildman–Crippen MR) is 80.8 cm³/mol. The number of hydrogen-bond acceptors (Lipinski definition) is 4. The van der Waals surface area contributed by atoms with E-state index >= 15 is 0 Å². The molecule has 21 heavy (non-hydrogen) atoms. The van der Waals surface area contributed by atoms with Crippen LogP contribution < -0.4 is 9.47 Å². The smallest absolute Gasteiger partial charge is 0.216 e. The molecular weight excluding hydrogens is 266 g/mol. The lowest BCUT2D eigenvalue weighted by Crippen LogP contribution is -2.23. The van der Waals surface area contributed by atoms with Crippen molar-refractivity contribution in [3.8, 4) is 23.0 Å². The van der Waals surface area contributed by atoms with Gasteiger partial charge in [-0.25, -0.2) is 9.67 Å². The van der Waals surface area contributed by atoms with Gasteiger partial charge in [0.1, 0.15) is 0 Å². The molecule has 1 aliphatic rings. The highest BCUT2D eigenvalue weighted by Gasteiger charge is 2.27. The second kappa shape index (κ2) is 5.39. The van der Waals surface area contributed by atoms with Crippen molar-refractivity contribution in [1.82, 2.24) is 14.8 Å². The largest absolute Gasteiger partial charge is 0.481 e. The molecule has 0 saturated heterocycles. The van der Waals surface area contributed by atoms with Crippen LogP contribution in [0.3, 0.4) is 0 Å². The molecule has 3 heterocycles. The van der Waals surface area contributed by atoms with Gasteiger partial charge in [-0.1, -0.05) is 13.8 Å². The number of ether oxygens (including phenoxy) is 2. The third kappa shape index (κ3) is 2.48. The molecular formula is C16H21N3O2. The predicted octanol–water partition coefficient (Wildman–Crippen LogP) is 3.25. The van der Waals surface area contributed by atoms with Crippen LogP contribution in [0.2, 0.25) is 0 Å². The fourth-order valence-corrected chi connectivity index (χ4v) is 2.69. The van der Waals surface area contributed by atoms with Crippen LogP contribution >= 0.6 is 0 Å². The lowest BCUT2D eigenvalue weighted by atomic mass is 9.99. The molecule has 0 bridgehead atoms. The van der Waals surface area contributed by atoms with Gasteiger partial charge in [-0.2, -0.15) is 5.10 Å². The van der Waals surface area contributed by atoms with E-state index in [1.165, 1.54) is 0 Å². The van der Waals surface area contributed by atoms with Gasteiger partial charge in [0.15, 0.2) is 0 Å². The Hall–Kier alpha value is -2.04. The van der Waals surface area contributed by atoms with E-state index < -0.39 is 0 Å². The summed E-state index contributed by atoms with van der Waals surface area (Å²) in [7, 11) is 1.62. The van der Waals surface area contributed by atoms with Crippen molar-refractivity contribution in [2.24, 2.45) is 0 Å². The zero-order valence-corrected chi connectivity index (χ0v) is 13.0. The average Bonchev–Trinajstić information content (AvgIpc) is 2.86. The van der Waals surface area contributed by atoms with E-state index in [0.29, 0.717) is 11.8 Å². The molecule has 0 unspecified atom stereocenters. The monoisotopic (exact) mass is 287 g/mol. The lowest BCUT2D eigenvalue weighted by molar-refractivity contribution is 0.147. The molecule has 0 aliphatic carbocycles. The van der Waals surface area contributed by atoms with E-state index in [-0.39, 0.29) is 6.10 Å². The molecule has 0 amide bonds. The summed E-state index contributed by atoms with van der Waals surface area (Å²) in [4.78, 5) is 4.16. The first-order chi connectivity index (χ1) is 10.1. The minimum absolute atomic E-state index is 0.242. The topological polar surface area (TPSA) is 49.2 Å². The molecule has 1 aliphatic heterocycles. The quantitative estimate of drug-likeness (QED) is 0.869. The van der Waals surface area contributed by atoms with Gasteiger partial charge in [0.05, 0.1) is 18.9 Å². The zero-order chi connectivity index (χ0) is 15.0. The van der Waals surface area contributed by atoms with Crippen LogP contribution in [-0.4, -0.2) is 28.0 Å². The Morgan fingerprint density at radius 2 is 2.24 bits per heavy atom. The van der Waals surface area contributed by atoms with Crippen molar-refractivity contribution in [1.29, 1.82) is 0 Å². The number of rotatable bonds is 3. The van der Waals surface area contributed by atoms with Crippen molar-refractivity contribution < 1.29 is 9.47 Å². The normalized spacial score (nSPS) is 17.5. The van der Waals surface area contributed by atoms with E-state index in [1.807, 2.05) is 16.8 Å². The van der Waals surface area contributed by atoms with Crippen molar-refractivity contribution in [3.63, 3.8) is 0 Å². The van der Waals surface area contributed by atoms with E-state index in [2.05, 4.69) is 25.8 Å². The van der Waals surface area contributed by atoms with E-state index in [0.717, 1.165) is 35.7 Å². The summed E-state index contributed by atoms with van der Waals surface area (Å²) in [5.41, 5.74) is 3.15. The fourth-order valence-electron chi connectivity index (χ4n) is 2.69. The maximum Gasteiger partial charge on any atom is 0.216 e. The van der Waals surface area contributed by atoms with Crippen molar-refractivity contribution in [2.75, 3.05) is 7.11 Å². The highest BCUT2D eigenvalue weighted by Crippen LogP contribution is 2.39. The van der Waals surface area contributed by atoms with Gasteiger partial charge in [-0.05, 0) is 18.9 Å². The molecule has 0 radical (unpaired) electrons. The number of fused-ring (bicyclic) bond motifs is 1. The zero-order valence-electron chi connectivity index (χ0n) is 13.0. The second-order valence-corrected chi connectivity index (χ2v) is 5.75. The summed E-state index contributed by atoms with van der Waals surface area (Å²) in [5.74, 6) is 1.85. The van der Waals surface area contributed by atoms with Gasteiger partial charge in [0, 0.05) is 36.4 Å². The van der Waals surface area contributed by atoms with Crippen LogP contribution in [0.4, 0.5) is 0 Å². The maximum atomic E-state index is 6.04. The standard InChI is InChI=1S/C16H21N3O2/c1-10(2)14-15(12-5-7-17-13(9-12)20-4)18-19-8-6-11(3)21-16(14)19/h5,7,9-11H,6,8H2,1-4H3/t11-/m1/s1. The molecule has 0 N–H and O–H groups in total. The maximum absolute atomic E-state index is 6.04. The highest BCUT2D eigenvalue weighted by atomic mass is 16.5. The molecule has 0 spiro atoms. The first-order valence-electron chi connectivity index (χ1n) is 7.38. The van der Waals surface area contributed by atoms with Gasteiger partial charge in [-0.3, -0.25) is 0 Å². The Balaban J connectivity index is 2.13. The third-order valence-electron chi connectivity index (χ3n) is 3.80. The SMILES string of the molecule is COc1cc(-c2nn3c(c2C(C)C)O[C@H](C)CC3)ccn1. The molecule has 5 nitrogen and oxygen atoms in total. The summed E-state index contributed by atoms with van der Waals surface area (Å²) in [5, 5.41) is 4.76. The molecule has 0 fully saturated rings. The summed E-state index contributed by atoms with van der Waals surface area (Å²) in [6.45, 7) is 7.35. The number of hydrogen-bond donors (Lipinski definition) is 0. The number of nitrogens with zero attached hydrogens (tertiary/aromatic N) is 3. The molecule has 0 saturated carbocycles. The molecule has 2 aromatic rings. The Bertz CT molecular complexity index is 649. The van der Waals surface area contributed by atoms with E-state index in [1.54, 1.807) is 13.3 Å². The Kier molecular flexibility index (Phi) is 3.57. The van der Waals surface area contributed by atoms with Gasteiger partial charge >= 0.3 is 0 Å².